The largest absolute Gasteiger partial charge is 0.393 e. The van der Waals surface area contributed by atoms with E-state index in [2.05, 4.69) is 41.5 Å². The van der Waals surface area contributed by atoms with Crippen molar-refractivity contribution in [3.63, 3.8) is 0 Å². The summed E-state index contributed by atoms with van der Waals surface area (Å²) in [6.45, 7) is 16.8. The van der Waals surface area contributed by atoms with Gasteiger partial charge in [0, 0.05) is 24.0 Å². The fraction of sp³-hybridized carbons (Fsp3) is 0.750. The van der Waals surface area contributed by atoms with Crippen molar-refractivity contribution in [3.05, 3.63) is 71.8 Å². The first-order valence-corrected chi connectivity index (χ1v) is 29.6. The van der Waals surface area contributed by atoms with Crippen LogP contribution in [-0.2, 0) is 9.59 Å². The number of carbonyl (C=O) groups excluding carboxylic acids is 4. The average molecular weight is 1060 g/mol. The van der Waals surface area contributed by atoms with Crippen LogP contribution in [0.4, 0.5) is 0 Å². The zero-order valence-electron chi connectivity index (χ0n) is 47.4. The van der Waals surface area contributed by atoms with Gasteiger partial charge in [-0.3, -0.25) is 19.2 Å². The number of primary amides is 2. The highest BCUT2D eigenvalue weighted by molar-refractivity contribution is 5.94. The molecule has 0 saturated heterocycles. The number of carbonyl (C=O) groups is 4. The normalized spacial score (nSPS) is 42.5. The number of Topliss-reactive ketones (excluding diaryl/α,β-unsaturated/α-hetero) is 2. The summed E-state index contributed by atoms with van der Waals surface area (Å²) in [6.07, 6.45) is 13.1. The topological polar surface area (TPSA) is 242 Å². The van der Waals surface area contributed by atoms with Crippen LogP contribution in [0.15, 0.2) is 60.7 Å². The molecule has 8 aliphatic carbocycles. The molecule has 0 aliphatic heterocycles. The van der Waals surface area contributed by atoms with Crippen LogP contribution < -0.4 is 11.5 Å². The molecule has 2 amide bonds. The van der Waals surface area contributed by atoms with E-state index in [0.29, 0.717) is 72.0 Å². The molecule has 10 N–H and O–H groups in total. The van der Waals surface area contributed by atoms with Crippen molar-refractivity contribution in [1.29, 1.82) is 0 Å². The van der Waals surface area contributed by atoms with Gasteiger partial charge in [0.05, 0.1) is 36.6 Å². The summed E-state index contributed by atoms with van der Waals surface area (Å²) in [5, 5.41) is 65.9. The number of fused-ring (bicyclic) bond motifs is 10. The number of aliphatic hydroxyl groups excluding tert-OH is 6. The summed E-state index contributed by atoms with van der Waals surface area (Å²) < 4.78 is 0. The van der Waals surface area contributed by atoms with Crippen LogP contribution in [0.1, 0.15) is 192 Å². The second kappa shape index (κ2) is 24.5. The monoisotopic (exact) mass is 1050 g/mol. The number of amides is 2. The smallest absolute Gasteiger partial charge is 0.217 e. The standard InChI is InChI=1S/2C24H41NO4.2C8H8O/c2*1-13(4-7-21(25)29)16-5-6-17-22-18(12-20(28)24(16,17)3)23(2)9-8-15(26)10-14(23)11-19(22)27;2*1-7(9)8-5-3-2-4-6-8/h2*13-20,22,26-28H,4-12H2,1-3H3,(H2,25,29);2*2-6H,1H3/t2*13-,14+,15-,16-,17+,18+,19-,20+,22+,23+,24-;;/m11../s1. The van der Waals surface area contributed by atoms with Crippen LogP contribution >= 0.6 is 0 Å². The van der Waals surface area contributed by atoms with E-state index in [4.69, 9.17) is 11.5 Å². The average Bonchev–Trinajstić information content (AvgIpc) is 3.94. The molecule has 0 heterocycles. The van der Waals surface area contributed by atoms with E-state index in [-0.39, 0.29) is 93.5 Å². The SMILES string of the molecule is CC(=O)c1ccccc1.CC(=O)c1ccccc1.C[C@H](CCC(N)=O)[C@H]1CC[C@H]2[C@@H]3[C@H](O)C[C@@H]4C[C@H](O)CC[C@]4(C)[C@H]3C[C@H](O)[C@]12C.C[C@H](CCC(N)=O)[C@H]1CC[C@H]2[C@@H]3[C@H](O)C[C@@H]4C[C@H](O)CC[C@]4(C)[C@H]3C[C@H](O)[C@]12C. The first-order valence-electron chi connectivity index (χ1n) is 29.6. The van der Waals surface area contributed by atoms with Crippen LogP contribution in [-0.4, -0.2) is 90.6 Å². The Morgan fingerprint density at radius 3 is 1.14 bits per heavy atom. The molecule has 8 saturated carbocycles. The third-order valence-corrected chi connectivity index (χ3v) is 23.1. The van der Waals surface area contributed by atoms with E-state index >= 15 is 0 Å². The van der Waals surface area contributed by atoms with Gasteiger partial charge in [0.15, 0.2) is 11.6 Å². The summed E-state index contributed by atoms with van der Waals surface area (Å²) in [5.41, 5.74) is 12.1. The first-order chi connectivity index (χ1) is 35.8. The molecule has 12 nitrogen and oxygen atoms in total. The minimum absolute atomic E-state index is 0.112. The van der Waals surface area contributed by atoms with Crippen molar-refractivity contribution in [1.82, 2.24) is 0 Å². The highest BCUT2D eigenvalue weighted by Gasteiger charge is 2.67. The van der Waals surface area contributed by atoms with E-state index in [9.17, 15) is 49.8 Å². The molecule has 76 heavy (non-hydrogen) atoms. The van der Waals surface area contributed by atoms with Gasteiger partial charge in [-0.25, -0.2) is 0 Å². The zero-order chi connectivity index (χ0) is 55.7. The van der Waals surface area contributed by atoms with Crippen molar-refractivity contribution < 1.29 is 49.8 Å². The van der Waals surface area contributed by atoms with Gasteiger partial charge >= 0.3 is 0 Å². The fourth-order valence-corrected chi connectivity index (χ4v) is 18.8. The maximum Gasteiger partial charge on any atom is 0.217 e. The van der Waals surface area contributed by atoms with Gasteiger partial charge < -0.3 is 42.1 Å². The van der Waals surface area contributed by atoms with E-state index in [1.807, 2.05) is 60.7 Å². The quantitative estimate of drug-likeness (QED) is 0.105. The third kappa shape index (κ3) is 12.0. The van der Waals surface area contributed by atoms with Crippen LogP contribution in [0.3, 0.4) is 0 Å². The molecule has 0 unspecified atom stereocenters. The highest BCUT2D eigenvalue weighted by atomic mass is 16.3. The zero-order valence-corrected chi connectivity index (χ0v) is 47.4. The van der Waals surface area contributed by atoms with Crippen LogP contribution in [0.2, 0.25) is 0 Å². The minimum atomic E-state index is -0.369. The number of benzene rings is 2. The first kappa shape index (κ1) is 60.1. The second-order valence-electron chi connectivity index (χ2n) is 26.9. The molecule has 12 heteroatoms. The maximum atomic E-state index is 11.5. The molecule has 22 atom stereocenters. The van der Waals surface area contributed by atoms with E-state index < -0.39 is 0 Å². The van der Waals surface area contributed by atoms with E-state index in [0.717, 1.165) is 114 Å². The summed E-state index contributed by atoms with van der Waals surface area (Å²) in [6, 6.07) is 18.5. The van der Waals surface area contributed by atoms with Crippen molar-refractivity contribution >= 4 is 23.4 Å². The maximum absolute atomic E-state index is 11.5. The van der Waals surface area contributed by atoms with Gasteiger partial charge in [-0.1, -0.05) is 102 Å². The van der Waals surface area contributed by atoms with Crippen molar-refractivity contribution in [3.8, 4) is 0 Å². The van der Waals surface area contributed by atoms with Crippen molar-refractivity contribution in [2.24, 2.45) is 104 Å². The van der Waals surface area contributed by atoms with Gasteiger partial charge in [0.1, 0.15) is 0 Å². The van der Waals surface area contributed by atoms with E-state index in [1.165, 1.54) is 0 Å². The highest BCUT2D eigenvalue weighted by Crippen LogP contribution is 2.70. The Hall–Kier alpha value is -3.52. The molecule has 2 aromatic rings. The summed E-state index contributed by atoms with van der Waals surface area (Å²) in [4.78, 5) is 43.9. The number of hydrogen-bond acceptors (Lipinski definition) is 10. The molecule has 0 radical (unpaired) electrons. The lowest BCUT2D eigenvalue weighted by Crippen LogP contribution is -2.62. The Bertz CT molecular complexity index is 2120. The summed E-state index contributed by atoms with van der Waals surface area (Å²) in [5.74, 6) is 3.69. The lowest BCUT2D eigenvalue weighted by atomic mass is 9.43. The number of aliphatic hydroxyl groups is 6. The summed E-state index contributed by atoms with van der Waals surface area (Å²) >= 11 is 0. The van der Waals surface area contributed by atoms with Crippen LogP contribution in [0.25, 0.3) is 0 Å². The molecule has 8 aliphatic rings. The predicted octanol–water partition coefficient (Wildman–Crippen LogP) is 9.48. The minimum Gasteiger partial charge on any atom is -0.393 e. The molecule has 8 fully saturated rings. The molecule has 424 valence electrons. The molecule has 0 spiro atoms. The number of hydrogen-bond donors (Lipinski definition) is 8. The fourth-order valence-electron chi connectivity index (χ4n) is 18.8. The number of ketones is 2. The molecular weight excluding hydrogens is 957 g/mol. The van der Waals surface area contributed by atoms with Gasteiger partial charge in [-0.2, -0.15) is 0 Å². The Kier molecular flexibility index (Phi) is 19.4. The van der Waals surface area contributed by atoms with Gasteiger partial charge in [0.25, 0.3) is 0 Å². The van der Waals surface area contributed by atoms with E-state index in [1.54, 1.807) is 13.8 Å². The van der Waals surface area contributed by atoms with Crippen molar-refractivity contribution in [2.45, 2.75) is 208 Å². The second-order valence-corrected chi connectivity index (χ2v) is 26.9. The molecule has 10 rings (SSSR count). The van der Waals surface area contributed by atoms with Crippen LogP contribution in [0, 0.1) is 92.7 Å². The molecular formula is C64H98N2O10. The number of rotatable bonds is 10. The molecule has 0 aromatic heterocycles. The lowest BCUT2D eigenvalue weighted by Gasteiger charge is -2.63. The third-order valence-electron chi connectivity index (χ3n) is 23.1. The van der Waals surface area contributed by atoms with Crippen LogP contribution in [0.5, 0.6) is 0 Å². The molecule has 0 bridgehead atoms. The van der Waals surface area contributed by atoms with Gasteiger partial charge in [0.2, 0.25) is 11.8 Å². The molecule has 2 aromatic carbocycles. The predicted molar refractivity (Wildman–Crippen MR) is 296 cm³/mol. The Morgan fingerprint density at radius 1 is 0.500 bits per heavy atom. The Labute approximate surface area is 455 Å². The van der Waals surface area contributed by atoms with Gasteiger partial charge in [-0.15, -0.1) is 0 Å². The number of nitrogens with two attached hydrogens (primary N) is 2. The Morgan fingerprint density at radius 2 is 0.842 bits per heavy atom. The lowest BCUT2D eigenvalue weighted by molar-refractivity contribution is -0.207. The van der Waals surface area contributed by atoms with Gasteiger partial charge in [-0.05, 0) is 209 Å². The van der Waals surface area contributed by atoms with Crippen molar-refractivity contribution in [2.75, 3.05) is 0 Å². The summed E-state index contributed by atoms with van der Waals surface area (Å²) in [7, 11) is 0. The Balaban J connectivity index is 0.000000167.